The molecular formula is C12H22N2S. The lowest BCUT2D eigenvalue weighted by atomic mass is 10.1. The molecule has 1 aliphatic carbocycles. The SMILES string of the molecule is CC(CC1CC1)NC1=NC(C)C(C)CS1. The Balaban J connectivity index is 1.80. The van der Waals surface area contributed by atoms with Crippen molar-refractivity contribution in [1.82, 2.24) is 5.32 Å². The maximum Gasteiger partial charge on any atom is 0.157 e. The molecule has 3 atom stereocenters. The summed E-state index contributed by atoms with van der Waals surface area (Å²) in [7, 11) is 0. The third-order valence-electron chi connectivity index (χ3n) is 3.38. The summed E-state index contributed by atoms with van der Waals surface area (Å²) in [4.78, 5) is 4.70. The van der Waals surface area contributed by atoms with Crippen LogP contribution in [0.15, 0.2) is 4.99 Å². The maximum absolute atomic E-state index is 4.70. The van der Waals surface area contributed by atoms with E-state index in [1.165, 1.54) is 30.2 Å². The van der Waals surface area contributed by atoms with Gasteiger partial charge in [-0.25, -0.2) is 0 Å². The summed E-state index contributed by atoms with van der Waals surface area (Å²) < 4.78 is 0. The van der Waals surface area contributed by atoms with Gasteiger partial charge in [0.25, 0.3) is 0 Å². The van der Waals surface area contributed by atoms with Crippen molar-refractivity contribution in [3.8, 4) is 0 Å². The molecule has 0 aromatic heterocycles. The van der Waals surface area contributed by atoms with E-state index in [9.17, 15) is 0 Å². The van der Waals surface area contributed by atoms with Gasteiger partial charge in [0, 0.05) is 11.8 Å². The maximum atomic E-state index is 4.70. The molecular weight excluding hydrogens is 204 g/mol. The zero-order valence-electron chi connectivity index (χ0n) is 9.99. The van der Waals surface area contributed by atoms with Crippen molar-refractivity contribution in [2.24, 2.45) is 16.8 Å². The molecule has 1 N–H and O–H groups in total. The number of rotatable bonds is 3. The molecule has 2 nitrogen and oxygen atoms in total. The van der Waals surface area contributed by atoms with Crippen LogP contribution in [-0.2, 0) is 0 Å². The van der Waals surface area contributed by atoms with Gasteiger partial charge in [-0.15, -0.1) is 0 Å². The molecule has 0 bridgehead atoms. The Morgan fingerprint density at radius 2 is 2.20 bits per heavy atom. The molecule has 86 valence electrons. The minimum Gasteiger partial charge on any atom is -0.362 e. The third kappa shape index (κ3) is 3.40. The second-order valence-corrected chi connectivity index (χ2v) is 6.20. The van der Waals surface area contributed by atoms with Crippen molar-refractivity contribution < 1.29 is 0 Å². The first-order valence-corrected chi connectivity index (χ1v) is 7.11. The fraction of sp³-hybridized carbons (Fsp3) is 0.917. The van der Waals surface area contributed by atoms with E-state index in [2.05, 4.69) is 26.1 Å². The van der Waals surface area contributed by atoms with Gasteiger partial charge in [-0.1, -0.05) is 31.5 Å². The van der Waals surface area contributed by atoms with Crippen LogP contribution in [0.2, 0.25) is 0 Å². The average molecular weight is 226 g/mol. The van der Waals surface area contributed by atoms with E-state index in [-0.39, 0.29) is 0 Å². The van der Waals surface area contributed by atoms with Gasteiger partial charge in [-0.2, -0.15) is 0 Å². The van der Waals surface area contributed by atoms with E-state index >= 15 is 0 Å². The van der Waals surface area contributed by atoms with Gasteiger partial charge in [0.15, 0.2) is 5.17 Å². The number of amidine groups is 1. The number of nitrogens with zero attached hydrogens (tertiary/aromatic N) is 1. The standard InChI is InChI=1S/C12H22N2S/c1-8-7-15-12(14-10(8)3)13-9(2)6-11-4-5-11/h8-11H,4-7H2,1-3H3,(H,13,14). The Bertz CT molecular complexity index is 248. The third-order valence-corrected chi connectivity index (χ3v) is 4.57. The second kappa shape index (κ2) is 4.77. The number of hydrogen-bond donors (Lipinski definition) is 1. The molecule has 0 amide bonds. The van der Waals surface area contributed by atoms with Crippen molar-refractivity contribution in [2.75, 3.05) is 5.75 Å². The summed E-state index contributed by atoms with van der Waals surface area (Å²) in [5.41, 5.74) is 0. The molecule has 3 unspecified atom stereocenters. The van der Waals surface area contributed by atoms with E-state index in [1.807, 2.05) is 11.8 Å². The number of thioether (sulfide) groups is 1. The molecule has 0 aromatic carbocycles. The monoisotopic (exact) mass is 226 g/mol. The molecule has 3 heteroatoms. The first kappa shape index (κ1) is 11.3. The topological polar surface area (TPSA) is 24.4 Å². The van der Waals surface area contributed by atoms with Crippen LogP contribution < -0.4 is 5.32 Å². The van der Waals surface area contributed by atoms with Gasteiger partial charge in [0.05, 0.1) is 6.04 Å². The summed E-state index contributed by atoms with van der Waals surface area (Å²) in [5, 5.41) is 4.73. The van der Waals surface area contributed by atoms with E-state index in [4.69, 9.17) is 4.99 Å². The van der Waals surface area contributed by atoms with E-state index < -0.39 is 0 Å². The lowest BCUT2D eigenvalue weighted by Crippen LogP contribution is -2.35. The smallest absolute Gasteiger partial charge is 0.157 e. The van der Waals surface area contributed by atoms with Crippen molar-refractivity contribution in [3.05, 3.63) is 0 Å². The van der Waals surface area contributed by atoms with Crippen molar-refractivity contribution in [1.29, 1.82) is 0 Å². The Labute approximate surface area is 97.3 Å². The highest BCUT2D eigenvalue weighted by Crippen LogP contribution is 2.33. The van der Waals surface area contributed by atoms with Crippen LogP contribution in [0.25, 0.3) is 0 Å². The predicted molar refractivity (Wildman–Crippen MR) is 68.5 cm³/mol. The van der Waals surface area contributed by atoms with Gasteiger partial charge in [0.2, 0.25) is 0 Å². The minimum atomic E-state index is 0.488. The van der Waals surface area contributed by atoms with Gasteiger partial charge < -0.3 is 5.32 Å². The Morgan fingerprint density at radius 1 is 1.47 bits per heavy atom. The highest BCUT2D eigenvalue weighted by Gasteiger charge is 2.25. The molecule has 0 radical (unpaired) electrons. The first-order chi connectivity index (χ1) is 7.15. The number of nitrogens with one attached hydrogen (secondary N) is 1. The first-order valence-electron chi connectivity index (χ1n) is 6.12. The summed E-state index contributed by atoms with van der Waals surface area (Å²) in [6, 6.07) is 1.09. The Kier molecular flexibility index (Phi) is 3.60. The number of hydrogen-bond acceptors (Lipinski definition) is 3. The van der Waals surface area contributed by atoms with Crippen molar-refractivity contribution in [3.63, 3.8) is 0 Å². The summed E-state index contributed by atoms with van der Waals surface area (Å²) in [5.74, 6) is 2.93. The molecule has 2 rings (SSSR count). The van der Waals surface area contributed by atoms with Crippen LogP contribution in [0, 0.1) is 11.8 Å². The lowest BCUT2D eigenvalue weighted by Gasteiger charge is -2.25. The highest BCUT2D eigenvalue weighted by molar-refractivity contribution is 8.13. The molecule has 1 fully saturated rings. The van der Waals surface area contributed by atoms with Crippen molar-refractivity contribution >= 4 is 16.9 Å². The Morgan fingerprint density at radius 3 is 2.80 bits per heavy atom. The summed E-state index contributed by atoms with van der Waals surface area (Å²) in [6.45, 7) is 6.79. The molecule has 0 spiro atoms. The second-order valence-electron chi connectivity index (χ2n) is 5.19. The van der Waals surface area contributed by atoms with Crippen molar-refractivity contribution in [2.45, 2.75) is 52.1 Å². The van der Waals surface area contributed by atoms with Crippen LogP contribution in [0.5, 0.6) is 0 Å². The fourth-order valence-electron chi connectivity index (χ4n) is 1.90. The van der Waals surface area contributed by atoms with Crippen LogP contribution in [0.3, 0.4) is 0 Å². The Hall–Kier alpha value is -0.180. The van der Waals surface area contributed by atoms with Crippen LogP contribution >= 0.6 is 11.8 Å². The molecule has 1 aliphatic heterocycles. The van der Waals surface area contributed by atoms with E-state index in [1.54, 1.807) is 0 Å². The quantitative estimate of drug-likeness (QED) is 0.800. The molecule has 2 aliphatic rings. The van der Waals surface area contributed by atoms with Gasteiger partial charge in [-0.05, 0) is 32.1 Å². The molecule has 0 saturated heterocycles. The molecule has 15 heavy (non-hydrogen) atoms. The van der Waals surface area contributed by atoms with Crippen LogP contribution in [0.1, 0.15) is 40.0 Å². The zero-order valence-corrected chi connectivity index (χ0v) is 10.8. The molecule has 0 aromatic rings. The van der Waals surface area contributed by atoms with Gasteiger partial charge in [0.1, 0.15) is 0 Å². The zero-order chi connectivity index (χ0) is 10.8. The fourth-order valence-corrected chi connectivity index (χ4v) is 3.13. The van der Waals surface area contributed by atoms with Gasteiger partial charge >= 0.3 is 0 Å². The normalized spacial score (nSPS) is 33.4. The van der Waals surface area contributed by atoms with Gasteiger partial charge in [-0.3, -0.25) is 4.99 Å². The molecule has 1 heterocycles. The van der Waals surface area contributed by atoms with E-state index in [0.29, 0.717) is 12.1 Å². The summed E-state index contributed by atoms with van der Waals surface area (Å²) >= 11 is 1.89. The largest absolute Gasteiger partial charge is 0.362 e. The minimum absolute atomic E-state index is 0.488. The van der Waals surface area contributed by atoms with Crippen LogP contribution in [-0.4, -0.2) is 23.0 Å². The molecule has 1 saturated carbocycles. The lowest BCUT2D eigenvalue weighted by molar-refractivity contribution is 0.524. The average Bonchev–Trinajstić information content (AvgIpc) is 2.95. The number of aliphatic imine (C=N–C) groups is 1. The predicted octanol–water partition coefficient (Wildman–Crippen LogP) is 2.89. The highest BCUT2D eigenvalue weighted by atomic mass is 32.2. The van der Waals surface area contributed by atoms with Crippen LogP contribution in [0.4, 0.5) is 0 Å². The summed E-state index contributed by atoms with van der Waals surface area (Å²) in [6.07, 6.45) is 4.21. The van der Waals surface area contributed by atoms with E-state index in [0.717, 1.165) is 11.8 Å².